The van der Waals surface area contributed by atoms with E-state index in [2.05, 4.69) is 51.5 Å². The van der Waals surface area contributed by atoms with E-state index < -0.39 is 0 Å². The summed E-state index contributed by atoms with van der Waals surface area (Å²) in [7, 11) is 1.69. The van der Waals surface area contributed by atoms with E-state index in [4.69, 9.17) is 4.74 Å². The number of ether oxygens (including phenoxy) is 1. The van der Waals surface area contributed by atoms with Crippen LogP contribution in [0.4, 0.5) is 5.69 Å². The van der Waals surface area contributed by atoms with Gasteiger partial charge < -0.3 is 15.0 Å². The lowest BCUT2D eigenvalue weighted by molar-refractivity contribution is -0.123. The molecule has 2 aliphatic rings. The molecule has 28 heavy (non-hydrogen) atoms. The Morgan fingerprint density at radius 2 is 1.82 bits per heavy atom. The molecule has 0 radical (unpaired) electrons. The predicted molar refractivity (Wildman–Crippen MR) is 112 cm³/mol. The number of benzene rings is 2. The highest BCUT2D eigenvalue weighted by Crippen LogP contribution is 2.29. The predicted octanol–water partition coefficient (Wildman–Crippen LogP) is 3.01. The zero-order valence-electron chi connectivity index (χ0n) is 16.6. The Hall–Kier alpha value is -2.53. The van der Waals surface area contributed by atoms with E-state index in [1.807, 2.05) is 12.1 Å². The quantitative estimate of drug-likeness (QED) is 0.867. The fraction of sp³-hybridized carbons (Fsp3) is 0.435. The number of aryl methyl sites for hydroxylation is 1. The van der Waals surface area contributed by atoms with Crippen molar-refractivity contribution in [2.24, 2.45) is 0 Å². The van der Waals surface area contributed by atoms with Crippen molar-refractivity contribution in [2.45, 2.75) is 25.3 Å². The van der Waals surface area contributed by atoms with Crippen LogP contribution in [0, 0.1) is 0 Å². The van der Waals surface area contributed by atoms with E-state index in [0.29, 0.717) is 6.54 Å². The Morgan fingerprint density at radius 1 is 1.07 bits per heavy atom. The molecule has 0 aromatic heterocycles. The molecule has 0 saturated carbocycles. The van der Waals surface area contributed by atoms with Crippen molar-refractivity contribution in [3.63, 3.8) is 0 Å². The van der Waals surface area contributed by atoms with Crippen molar-refractivity contribution >= 4 is 11.6 Å². The molecule has 2 aromatic carbocycles. The molecule has 1 heterocycles. The summed E-state index contributed by atoms with van der Waals surface area (Å²) >= 11 is 0. The molecule has 148 valence electrons. The van der Waals surface area contributed by atoms with Crippen LogP contribution in [-0.2, 0) is 11.2 Å². The first-order valence-electron chi connectivity index (χ1n) is 10.2. The van der Waals surface area contributed by atoms with Gasteiger partial charge in [0.05, 0.1) is 19.7 Å². The molecule has 2 aromatic rings. The number of hydrogen-bond donors (Lipinski definition) is 1. The molecule has 1 aliphatic carbocycles. The number of nitrogens with zero attached hydrogens (tertiary/aromatic N) is 2. The van der Waals surface area contributed by atoms with E-state index in [1.54, 1.807) is 7.11 Å². The first-order chi connectivity index (χ1) is 13.7. The van der Waals surface area contributed by atoms with Gasteiger partial charge in [0, 0.05) is 31.9 Å². The summed E-state index contributed by atoms with van der Waals surface area (Å²) in [5.41, 5.74) is 3.89. The van der Waals surface area contributed by atoms with Gasteiger partial charge in [0.15, 0.2) is 0 Å². The molecule has 1 N–H and O–H groups in total. The van der Waals surface area contributed by atoms with Gasteiger partial charge >= 0.3 is 0 Å². The van der Waals surface area contributed by atoms with E-state index in [-0.39, 0.29) is 11.9 Å². The molecule has 1 atom stereocenters. The fourth-order valence-corrected chi connectivity index (χ4v) is 4.30. The van der Waals surface area contributed by atoms with E-state index in [9.17, 15) is 4.79 Å². The lowest BCUT2D eigenvalue weighted by atomic mass is 9.88. The maximum absolute atomic E-state index is 12.6. The largest absolute Gasteiger partial charge is 0.497 e. The second-order valence-corrected chi connectivity index (χ2v) is 7.67. The number of hydrogen-bond acceptors (Lipinski definition) is 4. The zero-order valence-corrected chi connectivity index (χ0v) is 16.6. The van der Waals surface area contributed by atoms with Crippen molar-refractivity contribution in [1.82, 2.24) is 10.2 Å². The fourth-order valence-electron chi connectivity index (χ4n) is 4.30. The standard InChI is InChI=1S/C23H29N3O2/c1-28-20-11-9-19(10-12-20)26-15-13-25(14-16-26)17-23(27)24-22-8-4-6-18-5-2-3-7-21(18)22/h2-3,5,7,9-12,22H,4,6,8,13-17H2,1H3,(H,24,27). The number of anilines is 1. The van der Waals surface area contributed by atoms with Gasteiger partial charge in [-0.3, -0.25) is 9.69 Å². The smallest absolute Gasteiger partial charge is 0.234 e. The van der Waals surface area contributed by atoms with Crippen molar-refractivity contribution in [3.8, 4) is 5.75 Å². The molecule has 0 bridgehead atoms. The van der Waals surface area contributed by atoms with Crippen LogP contribution in [0.3, 0.4) is 0 Å². The van der Waals surface area contributed by atoms with E-state index in [1.165, 1.54) is 16.8 Å². The van der Waals surface area contributed by atoms with Crippen molar-refractivity contribution in [1.29, 1.82) is 0 Å². The Labute approximate surface area is 167 Å². The normalized spacial score (nSPS) is 19.8. The monoisotopic (exact) mass is 379 g/mol. The highest BCUT2D eigenvalue weighted by Gasteiger charge is 2.24. The number of methoxy groups -OCH3 is 1. The Bertz CT molecular complexity index is 798. The molecule has 1 unspecified atom stereocenters. The summed E-state index contributed by atoms with van der Waals surface area (Å²) in [5, 5.41) is 3.27. The molecule has 0 spiro atoms. The highest BCUT2D eigenvalue weighted by atomic mass is 16.5. The average molecular weight is 380 g/mol. The number of fused-ring (bicyclic) bond motifs is 1. The summed E-state index contributed by atoms with van der Waals surface area (Å²) < 4.78 is 5.23. The number of carbonyl (C=O) groups excluding carboxylic acids is 1. The summed E-state index contributed by atoms with van der Waals surface area (Å²) in [6.45, 7) is 4.16. The SMILES string of the molecule is COc1ccc(N2CCN(CC(=O)NC3CCCc4ccccc43)CC2)cc1. The third-order valence-corrected chi connectivity index (χ3v) is 5.88. The summed E-state index contributed by atoms with van der Waals surface area (Å²) in [4.78, 5) is 17.3. The second-order valence-electron chi connectivity index (χ2n) is 7.67. The third kappa shape index (κ3) is 4.30. The molecular weight excluding hydrogens is 350 g/mol. The molecule has 5 nitrogen and oxygen atoms in total. The van der Waals surface area contributed by atoms with E-state index >= 15 is 0 Å². The summed E-state index contributed by atoms with van der Waals surface area (Å²) in [5.74, 6) is 1.02. The van der Waals surface area contributed by atoms with E-state index in [0.717, 1.165) is 51.2 Å². The average Bonchev–Trinajstić information content (AvgIpc) is 2.75. The van der Waals surface area contributed by atoms with Gasteiger partial charge in [0.2, 0.25) is 5.91 Å². The molecular formula is C23H29N3O2. The highest BCUT2D eigenvalue weighted by molar-refractivity contribution is 5.78. The lowest BCUT2D eigenvalue weighted by Gasteiger charge is -2.36. The Morgan fingerprint density at radius 3 is 2.57 bits per heavy atom. The van der Waals surface area contributed by atoms with Gasteiger partial charge in [-0.2, -0.15) is 0 Å². The lowest BCUT2D eigenvalue weighted by Crippen LogP contribution is -2.50. The van der Waals surface area contributed by atoms with Crippen molar-refractivity contribution < 1.29 is 9.53 Å². The first-order valence-corrected chi connectivity index (χ1v) is 10.2. The van der Waals surface area contributed by atoms with Gasteiger partial charge in [-0.05, 0) is 54.7 Å². The van der Waals surface area contributed by atoms with Crippen LogP contribution in [0.2, 0.25) is 0 Å². The van der Waals surface area contributed by atoms with Crippen LogP contribution in [0.1, 0.15) is 30.0 Å². The molecule has 1 fully saturated rings. The maximum Gasteiger partial charge on any atom is 0.234 e. The molecule has 5 heteroatoms. The van der Waals surface area contributed by atoms with Crippen LogP contribution in [0.15, 0.2) is 48.5 Å². The van der Waals surface area contributed by atoms with Crippen LogP contribution in [-0.4, -0.2) is 50.6 Å². The van der Waals surface area contributed by atoms with Gasteiger partial charge in [0.1, 0.15) is 5.75 Å². The summed E-state index contributed by atoms with van der Waals surface area (Å²) in [6, 6.07) is 16.9. The van der Waals surface area contributed by atoms with Gasteiger partial charge in [-0.1, -0.05) is 24.3 Å². The molecule has 4 rings (SSSR count). The van der Waals surface area contributed by atoms with Gasteiger partial charge in [-0.15, -0.1) is 0 Å². The van der Waals surface area contributed by atoms with Gasteiger partial charge in [0.25, 0.3) is 0 Å². The Kier molecular flexibility index (Phi) is 5.81. The summed E-state index contributed by atoms with van der Waals surface area (Å²) in [6.07, 6.45) is 3.30. The van der Waals surface area contributed by atoms with Crippen LogP contribution in [0.25, 0.3) is 0 Å². The molecule has 1 aliphatic heterocycles. The zero-order chi connectivity index (χ0) is 19.3. The molecule has 1 amide bonds. The van der Waals surface area contributed by atoms with Crippen LogP contribution < -0.4 is 15.0 Å². The van der Waals surface area contributed by atoms with Crippen molar-refractivity contribution in [2.75, 3.05) is 44.7 Å². The van der Waals surface area contributed by atoms with Crippen LogP contribution in [0.5, 0.6) is 5.75 Å². The number of amides is 1. The third-order valence-electron chi connectivity index (χ3n) is 5.88. The number of piperazine rings is 1. The second kappa shape index (κ2) is 8.65. The van der Waals surface area contributed by atoms with Crippen LogP contribution >= 0.6 is 0 Å². The topological polar surface area (TPSA) is 44.8 Å². The number of rotatable bonds is 5. The maximum atomic E-state index is 12.6. The number of carbonyl (C=O) groups is 1. The minimum absolute atomic E-state index is 0.139. The molecule has 1 saturated heterocycles. The first kappa shape index (κ1) is 18.8. The number of nitrogens with one attached hydrogen (secondary N) is 1. The van der Waals surface area contributed by atoms with Gasteiger partial charge in [-0.25, -0.2) is 0 Å². The minimum atomic E-state index is 0.139. The minimum Gasteiger partial charge on any atom is -0.497 e. The van der Waals surface area contributed by atoms with Crippen molar-refractivity contribution in [3.05, 3.63) is 59.7 Å². The Balaban J connectivity index is 1.27.